The molecular weight excluding hydrogens is 262 g/mol. The van der Waals surface area contributed by atoms with Crippen molar-refractivity contribution >= 4 is 11.8 Å². The minimum atomic E-state index is -0.553. The maximum absolute atomic E-state index is 12.5. The van der Waals surface area contributed by atoms with Gasteiger partial charge in [0.15, 0.2) is 0 Å². The zero-order valence-electron chi connectivity index (χ0n) is 12.1. The van der Waals surface area contributed by atoms with Gasteiger partial charge in [-0.25, -0.2) is 0 Å². The third-order valence-corrected chi connectivity index (χ3v) is 3.36. The van der Waals surface area contributed by atoms with Crippen LogP contribution < -0.4 is 10.6 Å². The number of nitrogens with zero attached hydrogens (tertiary/aromatic N) is 1. The van der Waals surface area contributed by atoms with Crippen molar-refractivity contribution in [2.75, 3.05) is 39.5 Å². The first-order valence-electron chi connectivity index (χ1n) is 7.09. The zero-order valence-corrected chi connectivity index (χ0v) is 12.1. The molecular formula is C13H23N3O4. The highest BCUT2D eigenvalue weighted by Gasteiger charge is 2.36. The highest BCUT2D eigenvalue weighted by Crippen LogP contribution is 2.11. The lowest BCUT2D eigenvalue weighted by molar-refractivity contribution is -0.152. The lowest BCUT2D eigenvalue weighted by atomic mass is 10.1. The van der Waals surface area contributed by atoms with E-state index in [1.165, 1.54) is 0 Å². The molecule has 20 heavy (non-hydrogen) atoms. The van der Waals surface area contributed by atoms with Crippen LogP contribution in [0.3, 0.4) is 0 Å². The Balaban J connectivity index is 2.01. The summed E-state index contributed by atoms with van der Waals surface area (Å²) in [5.41, 5.74) is 0. The van der Waals surface area contributed by atoms with Crippen LogP contribution in [0.2, 0.25) is 0 Å². The van der Waals surface area contributed by atoms with Gasteiger partial charge in [0.25, 0.3) is 0 Å². The number of carbonyl (C=O) groups excluding carboxylic acids is 2. The van der Waals surface area contributed by atoms with Crippen LogP contribution in [0.15, 0.2) is 0 Å². The average molecular weight is 285 g/mol. The lowest BCUT2D eigenvalue weighted by Gasteiger charge is -2.37. The van der Waals surface area contributed by atoms with Crippen LogP contribution in [0, 0.1) is 0 Å². The summed E-state index contributed by atoms with van der Waals surface area (Å²) in [4.78, 5) is 26.3. The van der Waals surface area contributed by atoms with Crippen LogP contribution in [-0.4, -0.2) is 74.4 Å². The van der Waals surface area contributed by atoms with E-state index in [2.05, 4.69) is 10.6 Å². The summed E-state index contributed by atoms with van der Waals surface area (Å²) in [6.45, 7) is 6.56. The van der Waals surface area contributed by atoms with E-state index in [0.29, 0.717) is 32.9 Å². The molecule has 0 spiro atoms. The first-order chi connectivity index (χ1) is 9.59. The molecule has 0 aromatic heterocycles. The first kappa shape index (κ1) is 15.2. The van der Waals surface area contributed by atoms with Crippen LogP contribution in [-0.2, 0) is 19.1 Å². The predicted molar refractivity (Wildman–Crippen MR) is 72.2 cm³/mol. The van der Waals surface area contributed by atoms with E-state index >= 15 is 0 Å². The number of nitrogens with one attached hydrogen (secondary N) is 2. The van der Waals surface area contributed by atoms with Gasteiger partial charge in [-0.3, -0.25) is 9.59 Å². The van der Waals surface area contributed by atoms with Crippen molar-refractivity contribution in [3.63, 3.8) is 0 Å². The summed E-state index contributed by atoms with van der Waals surface area (Å²) >= 11 is 0. The van der Waals surface area contributed by atoms with E-state index in [0.717, 1.165) is 0 Å². The summed E-state index contributed by atoms with van der Waals surface area (Å²) in [6.07, 6.45) is 0. The van der Waals surface area contributed by atoms with Crippen LogP contribution in [0.1, 0.15) is 13.8 Å². The molecule has 114 valence electrons. The molecule has 2 saturated heterocycles. The van der Waals surface area contributed by atoms with Crippen molar-refractivity contribution in [3.05, 3.63) is 0 Å². The number of morpholine rings is 2. The fourth-order valence-electron chi connectivity index (χ4n) is 2.39. The summed E-state index contributed by atoms with van der Waals surface area (Å²) in [6, 6.07) is -0.879. The Morgan fingerprint density at radius 3 is 2.65 bits per heavy atom. The van der Waals surface area contributed by atoms with Gasteiger partial charge >= 0.3 is 0 Å². The summed E-state index contributed by atoms with van der Waals surface area (Å²) in [5, 5.41) is 5.96. The minimum Gasteiger partial charge on any atom is -0.378 e. The van der Waals surface area contributed by atoms with Gasteiger partial charge in [-0.15, -0.1) is 0 Å². The Morgan fingerprint density at radius 2 is 2.00 bits per heavy atom. The van der Waals surface area contributed by atoms with Crippen molar-refractivity contribution in [2.45, 2.75) is 32.0 Å². The van der Waals surface area contributed by atoms with Gasteiger partial charge in [0.2, 0.25) is 11.8 Å². The van der Waals surface area contributed by atoms with Crippen LogP contribution in [0.4, 0.5) is 0 Å². The summed E-state index contributed by atoms with van der Waals surface area (Å²) in [5.74, 6) is -0.248. The summed E-state index contributed by atoms with van der Waals surface area (Å²) < 4.78 is 10.7. The molecule has 7 heteroatoms. The fourth-order valence-corrected chi connectivity index (χ4v) is 2.39. The largest absolute Gasteiger partial charge is 0.378 e. The van der Waals surface area contributed by atoms with Crippen molar-refractivity contribution < 1.29 is 19.1 Å². The average Bonchev–Trinajstić information content (AvgIpc) is 2.46. The van der Waals surface area contributed by atoms with Crippen molar-refractivity contribution in [2.24, 2.45) is 0 Å². The van der Waals surface area contributed by atoms with Gasteiger partial charge in [0, 0.05) is 19.1 Å². The second-order valence-electron chi connectivity index (χ2n) is 5.37. The molecule has 2 heterocycles. The third-order valence-electron chi connectivity index (χ3n) is 3.36. The lowest BCUT2D eigenvalue weighted by Crippen LogP contribution is -2.62. The second-order valence-corrected chi connectivity index (χ2v) is 5.37. The van der Waals surface area contributed by atoms with Gasteiger partial charge in [-0.2, -0.15) is 0 Å². The van der Waals surface area contributed by atoms with Crippen molar-refractivity contribution in [1.29, 1.82) is 0 Å². The number of carbonyl (C=O) groups is 2. The van der Waals surface area contributed by atoms with Crippen LogP contribution >= 0.6 is 0 Å². The highest BCUT2D eigenvalue weighted by molar-refractivity contribution is 5.90. The molecule has 0 aromatic rings. The molecule has 2 amide bonds. The van der Waals surface area contributed by atoms with Crippen molar-refractivity contribution in [3.8, 4) is 0 Å². The molecule has 2 unspecified atom stereocenters. The smallest absolute Gasteiger partial charge is 0.245 e. The molecule has 0 aromatic carbocycles. The van der Waals surface area contributed by atoms with Gasteiger partial charge in [0.1, 0.15) is 12.1 Å². The van der Waals surface area contributed by atoms with E-state index in [-0.39, 0.29) is 30.5 Å². The Kier molecular flexibility index (Phi) is 5.33. The molecule has 0 aliphatic carbocycles. The van der Waals surface area contributed by atoms with E-state index < -0.39 is 6.04 Å². The highest BCUT2D eigenvalue weighted by atomic mass is 16.5. The van der Waals surface area contributed by atoms with Gasteiger partial charge in [-0.05, 0) is 13.8 Å². The zero-order chi connectivity index (χ0) is 14.5. The van der Waals surface area contributed by atoms with E-state index in [4.69, 9.17) is 9.47 Å². The Bertz CT molecular complexity index is 356. The summed E-state index contributed by atoms with van der Waals surface area (Å²) in [7, 11) is 0. The minimum absolute atomic E-state index is 0.0394. The number of hydrogen-bond donors (Lipinski definition) is 2. The molecule has 0 saturated carbocycles. The normalized spacial score (nSPS) is 27.4. The molecule has 2 aliphatic rings. The standard InChI is InChI=1S/C13H23N3O4/c1-9(2)15-12(17)11-8-20-6-4-16(11)13(18)10-7-19-5-3-14-10/h9-11,14H,3-8H2,1-2H3,(H,15,17). The second kappa shape index (κ2) is 7.01. The molecule has 0 radical (unpaired) electrons. The third kappa shape index (κ3) is 3.68. The Morgan fingerprint density at radius 1 is 1.25 bits per heavy atom. The maximum atomic E-state index is 12.5. The maximum Gasteiger partial charge on any atom is 0.245 e. The topological polar surface area (TPSA) is 79.9 Å². The number of amides is 2. The predicted octanol–water partition coefficient (Wildman–Crippen LogP) is -1.27. The van der Waals surface area contributed by atoms with E-state index in [1.807, 2.05) is 13.8 Å². The molecule has 2 N–H and O–H groups in total. The first-order valence-corrected chi connectivity index (χ1v) is 7.09. The van der Waals surface area contributed by atoms with Gasteiger partial charge in [-0.1, -0.05) is 0 Å². The molecule has 7 nitrogen and oxygen atoms in total. The molecule has 0 bridgehead atoms. The van der Waals surface area contributed by atoms with Gasteiger partial charge < -0.3 is 25.0 Å². The Hall–Kier alpha value is -1.18. The van der Waals surface area contributed by atoms with E-state index in [1.54, 1.807) is 4.90 Å². The quantitative estimate of drug-likeness (QED) is 0.676. The monoisotopic (exact) mass is 285 g/mol. The van der Waals surface area contributed by atoms with E-state index in [9.17, 15) is 9.59 Å². The Labute approximate surface area is 119 Å². The molecule has 2 aliphatic heterocycles. The van der Waals surface area contributed by atoms with Crippen LogP contribution in [0.25, 0.3) is 0 Å². The fraction of sp³-hybridized carbons (Fsp3) is 0.846. The molecule has 2 rings (SSSR count). The molecule has 2 atom stereocenters. The van der Waals surface area contributed by atoms with Crippen molar-refractivity contribution in [1.82, 2.24) is 15.5 Å². The number of hydrogen-bond acceptors (Lipinski definition) is 5. The number of rotatable bonds is 3. The van der Waals surface area contributed by atoms with Gasteiger partial charge in [0.05, 0.1) is 26.4 Å². The number of ether oxygens (including phenoxy) is 2. The molecule has 2 fully saturated rings. The SMILES string of the molecule is CC(C)NC(=O)C1COCCN1C(=O)C1COCCN1. The van der Waals surface area contributed by atoms with Crippen LogP contribution in [0.5, 0.6) is 0 Å².